The number of alkyl halides is 2. The van der Waals surface area contributed by atoms with Gasteiger partial charge in [-0.1, -0.05) is 0 Å². The smallest absolute Gasteiger partial charge is 0.266 e. The summed E-state index contributed by atoms with van der Waals surface area (Å²) in [4.78, 5) is 3.64. The summed E-state index contributed by atoms with van der Waals surface area (Å²) in [5, 5.41) is 8.64. The van der Waals surface area contributed by atoms with Crippen LogP contribution in [0.15, 0.2) is 12.3 Å². The lowest BCUT2D eigenvalue weighted by Crippen LogP contribution is -1.95. The maximum Gasteiger partial charge on any atom is 0.266 e. The van der Waals surface area contributed by atoms with Gasteiger partial charge in [-0.2, -0.15) is 0 Å². The fraction of sp³-hybridized carbons (Fsp3) is 0.286. The lowest BCUT2D eigenvalue weighted by atomic mass is 10.2. The first-order valence-electron chi connectivity index (χ1n) is 3.18. The molecule has 0 unspecified atom stereocenters. The molecule has 0 amide bonds. The highest BCUT2D eigenvalue weighted by Crippen LogP contribution is 2.23. The molecule has 1 N–H and O–H groups in total. The van der Waals surface area contributed by atoms with Crippen LogP contribution in [0.2, 0.25) is 0 Å². The number of nitrogens with zero attached hydrogens (tertiary/aromatic N) is 1. The van der Waals surface area contributed by atoms with Crippen molar-refractivity contribution in [2.75, 3.05) is 0 Å². The molecule has 0 aromatic carbocycles. The normalized spacial score (nSPS) is 10.8. The summed E-state index contributed by atoms with van der Waals surface area (Å²) >= 11 is 1.79. The van der Waals surface area contributed by atoms with Crippen LogP contribution in [0.25, 0.3) is 0 Å². The predicted molar refractivity (Wildman–Crippen MR) is 47.8 cm³/mol. The van der Waals surface area contributed by atoms with Gasteiger partial charge in [-0.3, -0.25) is 4.98 Å². The summed E-state index contributed by atoms with van der Waals surface area (Å²) in [6, 6.07) is 1.45. The van der Waals surface area contributed by atoms with E-state index >= 15 is 0 Å². The topological polar surface area (TPSA) is 33.1 Å². The number of hydrogen-bond donors (Lipinski definition) is 1. The summed E-state index contributed by atoms with van der Waals surface area (Å²) in [5.74, 6) is 0. The van der Waals surface area contributed by atoms with Gasteiger partial charge in [0.15, 0.2) is 0 Å². The Morgan fingerprint density at radius 1 is 1.58 bits per heavy atom. The van der Waals surface area contributed by atoms with Gasteiger partial charge in [0.1, 0.15) is 0 Å². The zero-order valence-corrected chi connectivity index (χ0v) is 8.12. The van der Waals surface area contributed by atoms with Crippen molar-refractivity contribution in [2.24, 2.45) is 0 Å². The molecular formula is C7H6F2INO. The van der Waals surface area contributed by atoms with E-state index in [0.717, 1.165) is 6.20 Å². The van der Waals surface area contributed by atoms with E-state index < -0.39 is 6.43 Å². The fourth-order valence-corrected chi connectivity index (χ4v) is 1.46. The van der Waals surface area contributed by atoms with E-state index in [9.17, 15) is 8.78 Å². The highest BCUT2D eigenvalue weighted by Gasteiger charge is 2.11. The fourth-order valence-electron chi connectivity index (χ4n) is 0.728. The molecule has 0 atom stereocenters. The van der Waals surface area contributed by atoms with Crippen LogP contribution in [0.1, 0.15) is 17.7 Å². The van der Waals surface area contributed by atoms with E-state index in [2.05, 4.69) is 4.98 Å². The number of aromatic nitrogens is 1. The van der Waals surface area contributed by atoms with Crippen LogP contribution in [-0.2, 0) is 6.61 Å². The molecule has 1 aromatic heterocycles. The minimum atomic E-state index is -2.50. The van der Waals surface area contributed by atoms with E-state index in [4.69, 9.17) is 5.11 Å². The Labute approximate surface area is 81.8 Å². The highest BCUT2D eigenvalue weighted by molar-refractivity contribution is 14.1. The molecule has 0 radical (unpaired) electrons. The largest absolute Gasteiger partial charge is 0.390 e. The average molecular weight is 285 g/mol. The molecule has 1 rings (SSSR count). The van der Waals surface area contributed by atoms with Gasteiger partial charge in [0.2, 0.25) is 0 Å². The predicted octanol–water partition coefficient (Wildman–Crippen LogP) is 2.12. The molecule has 0 fully saturated rings. The first-order valence-corrected chi connectivity index (χ1v) is 4.26. The number of aliphatic hydroxyl groups excluding tert-OH is 1. The summed E-state index contributed by atoms with van der Waals surface area (Å²) in [6.07, 6.45) is -1.41. The van der Waals surface area contributed by atoms with E-state index in [1.54, 1.807) is 22.6 Å². The van der Waals surface area contributed by atoms with Crippen LogP contribution >= 0.6 is 22.6 Å². The second kappa shape index (κ2) is 4.08. The zero-order valence-electron chi connectivity index (χ0n) is 5.97. The first kappa shape index (κ1) is 9.79. The lowest BCUT2D eigenvalue weighted by molar-refractivity contribution is 0.149. The Hall–Kier alpha value is -0.300. The second-order valence-corrected chi connectivity index (χ2v) is 3.32. The van der Waals surface area contributed by atoms with Crippen molar-refractivity contribution in [3.05, 3.63) is 27.1 Å². The Bertz CT molecular complexity index is 280. The number of pyridine rings is 1. The first-order chi connectivity index (χ1) is 5.65. The maximum atomic E-state index is 12.2. The standard InChI is InChI=1S/C7H6F2INO/c8-7(9)5-2-11-4(3-12)1-6(5)10/h1-2,7,12H,3H2. The molecular weight excluding hydrogens is 279 g/mol. The highest BCUT2D eigenvalue weighted by atomic mass is 127. The molecule has 2 nitrogen and oxygen atoms in total. The Balaban J connectivity index is 3.03. The van der Waals surface area contributed by atoms with Gasteiger partial charge in [0, 0.05) is 15.3 Å². The minimum absolute atomic E-state index is 0.0900. The molecule has 5 heteroatoms. The van der Waals surface area contributed by atoms with Gasteiger partial charge < -0.3 is 5.11 Å². The van der Waals surface area contributed by atoms with Gasteiger partial charge in [-0.05, 0) is 28.7 Å². The maximum absolute atomic E-state index is 12.2. The number of aliphatic hydroxyl groups is 1. The number of rotatable bonds is 2. The molecule has 0 aliphatic heterocycles. The molecule has 0 saturated carbocycles. The molecule has 0 spiro atoms. The molecule has 0 aliphatic carbocycles. The van der Waals surface area contributed by atoms with Crippen molar-refractivity contribution < 1.29 is 13.9 Å². The molecule has 66 valence electrons. The number of hydrogen-bond acceptors (Lipinski definition) is 2. The van der Waals surface area contributed by atoms with E-state index in [0.29, 0.717) is 9.26 Å². The van der Waals surface area contributed by atoms with Gasteiger partial charge >= 0.3 is 0 Å². The summed E-state index contributed by atoms with van der Waals surface area (Å²) in [7, 11) is 0. The summed E-state index contributed by atoms with van der Waals surface area (Å²) in [5.41, 5.74) is 0.316. The van der Waals surface area contributed by atoms with Crippen LogP contribution in [0.4, 0.5) is 8.78 Å². The third-order valence-corrected chi connectivity index (χ3v) is 2.27. The lowest BCUT2D eigenvalue weighted by Gasteiger charge is -2.03. The third-order valence-electron chi connectivity index (χ3n) is 1.34. The average Bonchev–Trinajstić information content (AvgIpc) is 2.03. The van der Waals surface area contributed by atoms with Crippen molar-refractivity contribution >= 4 is 22.6 Å². The second-order valence-electron chi connectivity index (χ2n) is 2.16. The minimum Gasteiger partial charge on any atom is -0.390 e. The Morgan fingerprint density at radius 3 is 2.67 bits per heavy atom. The van der Waals surface area contributed by atoms with E-state index in [1.165, 1.54) is 6.07 Å². The van der Waals surface area contributed by atoms with E-state index in [-0.39, 0.29) is 12.2 Å². The van der Waals surface area contributed by atoms with Gasteiger partial charge in [-0.25, -0.2) is 8.78 Å². The summed E-state index contributed by atoms with van der Waals surface area (Å²) < 4.78 is 24.7. The quantitative estimate of drug-likeness (QED) is 0.844. The third kappa shape index (κ3) is 2.10. The van der Waals surface area contributed by atoms with Crippen LogP contribution in [-0.4, -0.2) is 10.1 Å². The Morgan fingerprint density at radius 2 is 2.25 bits per heavy atom. The molecule has 1 aromatic rings. The van der Waals surface area contributed by atoms with Crippen LogP contribution in [0.5, 0.6) is 0 Å². The van der Waals surface area contributed by atoms with Crippen molar-refractivity contribution in [3.8, 4) is 0 Å². The Kier molecular flexibility index (Phi) is 3.33. The van der Waals surface area contributed by atoms with Crippen LogP contribution < -0.4 is 0 Å². The van der Waals surface area contributed by atoms with Crippen LogP contribution in [0, 0.1) is 3.57 Å². The van der Waals surface area contributed by atoms with Gasteiger partial charge in [0.25, 0.3) is 6.43 Å². The molecule has 0 saturated heterocycles. The molecule has 0 bridgehead atoms. The van der Waals surface area contributed by atoms with Crippen molar-refractivity contribution in [1.82, 2.24) is 4.98 Å². The van der Waals surface area contributed by atoms with Gasteiger partial charge in [0.05, 0.1) is 12.3 Å². The monoisotopic (exact) mass is 285 g/mol. The van der Waals surface area contributed by atoms with Crippen LogP contribution in [0.3, 0.4) is 0 Å². The van der Waals surface area contributed by atoms with Crippen molar-refractivity contribution in [3.63, 3.8) is 0 Å². The van der Waals surface area contributed by atoms with E-state index in [1.807, 2.05) is 0 Å². The summed E-state index contributed by atoms with van der Waals surface area (Å²) in [6.45, 7) is -0.223. The van der Waals surface area contributed by atoms with Gasteiger partial charge in [-0.15, -0.1) is 0 Å². The SMILES string of the molecule is OCc1cc(I)c(C(F)F)cn1. The van der Waals surface area contributed by atoms with Crippen molar-refractivity contribution in [1.29, 1.82) is 0 Å². The molecule has 12 heavy (non-hydrogen) atoms. The zero-order chi connectivity index (χ0) is 9.14. The molecule has 1 heterocycles. The molecule has 0 aliphatic rings. The number of halogens is 3. The van der Waals surface area contributed by atoms with Crippen molar-refractivity contribution in [2.45, 2.75) is 13.0 Å².